The average Bonchev–Trinajstić information content (AvgIpc) is 2.46. The first kappa shape index (κ1) is 7.06. The molecule has 0 radical (unpaired) electrons. The minimum atomic E-state index is 0.447. The summed E-state index contributed by atoms with van der Waals surface area (Å²) in [5.74, 6) is 1.04. The minimum Gasteiger partial charge on any atom is -0.0857 e. The number of fused-ring (bicyclic) bond motifs is 2. The Hall–Kier alpha value is 0.391. The van der Waals surface area contributed by atoms with E-state index in [2.05, 4.69) is 12.2 Å². The third-order valence-electron chi connectivity index (χ3n) is 3.15. The van der Waals surface area contributed by atoms with Gasteiger partial charge in [-0.15, -0.1) is 0 Å². The number of hydrogen-bond donors (Lipinski definition) is 0. The van der Waals surface area contributed by atoms with Crippen LogP contribution >= 0.6 is 0 Å². The molecular formula is C7H16Si3. The van der Waals surface area contributed by atoms with Crippen LogP contribution < -0.4 is 0 Å². The molecule has 0 saturated heterocycles. The Morgan fingerprint density at radius 1 is 1.60 bits per heavy atom. The van der Waals surface area contributed by atoms with Crippen LogP contribution in [0.5, 0.6) is 0 Å². The van der Waals surface area contributed by atoms with Gasteiger partial charge < -0.3 is 0 Å². The molecule has 0 amide bonds. The van der Waals surface area contributed by atoms with Gasteiger partial charge >= 0.3 is 0 Å². The predicted molar refractivity (Wildman–Crippen MR) is 56.2 cm³/mol. The number of rotatable bonds is 2. The summed E-state index contributed by atoms with van der Waals surface area (Å²) >= 11 is 0. The van der Waals surface area contributed by atoms with E-state index in [4.69, 9.17) is 0 Å². The van der Waals surface area contributed by atoms with E-state index in [1.807, 2.05) is 0 Å². The van der Waals surface area contributed by atoms with Crippen molar-refractivity contribution in [2.45, 2.75) is 24.3 Å². The molecular weight excluding hydrogens is 168 g/mol. The fourth-order valence-electron chi connectivity index (χ4n) is 2.66. The van der Waals surface area contributed by atoms with Gasteiger partial charge in [0.2, 0.25) is 0 Å². The van der Waals surface area contributed by atoms with Gasteiger partial charge in [0.15, 0.2) is 0 Å². The van der Waals surface area contributed by atoms with Crippen LogP contribution in [0.2, 0.25) is 5.04 Å². The van der Waals surface area contributed by atoms with Crippen molar-refractivity contribution in [2.75, 3.05) is 0 Å². The molecule has 2 unspecified atom stereocenters. The van der Waals surface area contributed by atoms with E-state index in [1.54, 1.807) is 29.0 Å². The lowest BCUT2D eigenvalue weighted by atomic mass is 10.1. The fraction of sp³-hybridized carbons (Fsp3) is 0.714. The Morgan fingerprint density at radius 2 is 2.50 bits per heavy atom. The van der Waals surface area contributed by atoms with Crippen LogP contribution in [0.25, 0.3) is 0 Å². The Morgan fingerprint density at radius 3 is 2.90 bits per heavy atom. The predicted octanol–water partition coefficient (Wildman–Crippen LogP) is -0.952. The topological polar surface area (TPSA) is 0 Å². The summed E-state index contributed by atoms with van der Waals surface area (Å²) < 4.78 is 0. The van der Waals surface area contributed by atoms with Crippen LogP contribution in [-0.2, 0) is 0 Å². The zero-order valence-electron chi connectivity index (χ0n) is 6.77. The Balaban J connectivity index is 2.09. The summed E-state index contributed by atoms with van der Waals surface area (Å²) in [6.07, 6.45) is 9.85. The summed E-state index contributed by atoms with van der Waals surface area (Å²) in [6.45, 7) is 0. The van der Waals surface area contributed by atoms with Crippen LogP contribution in [0, 0.1) is 5.92 Å². The largest absolute Gasteiger partial charge is 0.0857 e. The van der Waals surface area contributed by atoms with Gasteiger partial charge in [-0.1, -0.05) is 12.2 Å². The van der Waals surface area contributed by atoms with Crippen molar-refractivity contribution in [2.24, 2.45) is 5.92 Å². The Kier molecular flexibility index (Phi) is 1.74. The molecule has 0 N–H and O–H groups in total. The van der Waals surface area contributed by atoms with E-state index in [0.29, 0.717) is 17.6 Å². The molecule has 0 aromatic carbocycles. The molecule has 0 heterocycles. The summed E-state index contributed by atoms with van der Waals surface area (Å²) in [6, 6.07) is 0. The maximum Gasteiger partial charge on any atom is 0.0169 e. The van der Waals surface area contributed by atoms with Gasteiger partial charge in [-0.25, -0.2) is 0 Å². The lowest BCUT2D eigenvalue weighted by Gasteiger charge is -2.21. The average molecular weight is 184 g/mol. The van der Waals surface area contributed by atoms with Crippen LogP contribution in [0.3, 0.4) is 0 Å². The highest BCUT2D eigenvalue weighted by molar-refractivity contribution is 7.24. The first-order valence-corrected chi connectivity index (χ1v) is 14.9. The van der Waals surface area contributed by atoms with Crippen molar-refractivity contribution in [3.05, 3.63) is 12.2 Å². The quantitative estimate of drug-likeness (QED) is 0.383. The SMILES string of the molecule is [SiH3][SiH2][SiH2]C12C=CC(CC1)C2. The molecule has 1 fully saturated rings. The maximum atomic E-state index is 2.61. The van der Waals surface area contributed by atoms with Crippen molar-refractivity contribution in [1.82, 2.24) is 0 Å². The molecule has 0 spiro atoms. The monoisotopic (exact) mass is 184 g/mol. The minimum absolute atomic E-state index is 0.447. The van der Waals surface area contributed by atoms with Crippen molar-refractivity contribution in [3.8, 4) is 0 Å². The smallest absolute Gasteiger partial charge is 0.0169 e. The van der Waals surface area contributed by atoms with Crippen molar-refractivity contribution in [1.29, 1.82) is 0 Å². The molecule has 0 nitrogen and oxygen atoms in total. The van der Waals surface area contributed by atoms with Crippen molar-refractivity contribution in [3.63, 3.8) is 0 Å². The normalized spacial score (nSPS) is 45.8. The van der Waals surface area contributed by atoms with Crippen LogP contribution in [0.1, 0.15) is 19.3 Å². The maximum absolute atomic E-state index is 2.61. The van der Waals surface area contributed by atoms with Gasteiger partial charge in [-0.2, -0.15) is 0 Å². The molecule has 2 aliphatic carbocycles. The summed E-state index contributed by atoms with van der Waals surface area (Å²) in [7, 11) is 2.61. The lowest BCUT2D eigenvalue weighted by Crippen LogP contribution is -2.19. The van der Waals surface area contributed by atoms with E-state index in [0.717, 1.165) is 11.0 Å². The fourth-order valence-corrected chi connectivity index (χ4v) is 18.8. The molecule has 0 aliphatic heterocycles. The van der Waals surface area contributed by atoms with E-state index in [-0.39, 0.29) is 0 Å². The molecule has 1 saturated carbocycles. The lowest BCUT2D eigenvalue weighted by molar-refractivity contribution is 0.698. The second-order valence-corrected chi connectivity index (χ2v) is 20.4. The molecule has 10 heavy (non-hydrogen) atoms. The van der Waals surface area contributed by atoms with Gasteiger partial charge in [-0.3, -0.25) is 0 Å². The van der Waals surface area contributed by atoms with Gasteiger partial charge in [0.05, 0.1) is 0 Å². The second-order valence-electron chi connectivity index (χ2n) is 3.97. The number of allylic oxidation sites excluding steroid dienone is 2. The third-order valence-corrected chi connectivity index (χ3v) is 14.5. The zero-order chi connectivity index (χ0) is 7.03. The summed E-state index contributed by atoms with van der Waals surface area (Å²) in [5.41, 5.74) is 0. The van der Waals surface area contributed by atoms with E-state index >= 15 is 0 Å². The highest BCUT2D eigenvalue weighted by atomic mass is 29.5. The Bertz CT molecular complexity index is 166. The Labute approximate surface area is 70.1 Å². The van der Waals surface area contributed by atoms with Crippen molar-refractivity contribution >= 4 is 27.4 Å². The molecule has 0 aromatic rings. The first-order chi connectivity index (χ1) is 4.85. The highest BCUT2D eigenvalue weighted by Crippen LogP contribution is 2.53. The second kappa shape index (κ2) is 2.46. The standard InChI is InChI=1S/C7H16Si3/c8-10-9-7-3-1-6(5-7)2-4-7/h1,3,6H,2,4-5,9-10H2,8H3. The van der Waals surface area contributed by atoms with Gasteiger partial charge in [-0.05, 0) is 48.5 Å². The van der Waals surface area contributed by atoms with Gasteiger partial charge in [0, 0.05) is 9.04 Å². The van der Waals surface area contributed by atoms with Gasteiger partial charge in [0.25, 0.3) is 0 Å². The molecule has 2 atom stereocenters. The first-order valence-electron chi connectivity index (χ1n) is 4.54. The van der Waals surface area contributed by atoms with E-state index in [9.17, 15) is 0 Å². The molecule has 3 heteroatoms. The summed E-state index contributed by atoms with van der Waals surface area (Å²) in [5, 5.41) is 0.915. The summed E-state index contributed by atoms with van der Waals surface area (Å²) in [4.78, 5) is 0. The van der Waals surface area contributed by atoms with Crippen LogP contribution in [0.4, 0.5) is 0 Å². The molecule has 0 aromatic heterocycles. The zero-order valence-corrected chi connectivity index (χ0v) is 11.6. The van der Waals surface area contributed by atoms with Crippen LogP contribution in [0.15, 0.2) is 12.2 Å². The number of hydrogen-bond acceptors (Lipinski definition) is 0. The molecule has 2 bridgehead atoms. The molecule has 56 valence electrons. The van der Waals surface area contributed by atoms with Gasteiger partial charge in [0.1, 0.15) is 0 Å². The van der Waals surface area contributed by atoms with Crippen LogP contribution in [-0.4, -0.2) is 27.4 Å². The molecule has 2 aliphatic rings. The third kappa shape index (κ3) is 1.00. The highest BCUT2D eigenvalue weighted by Gasteiger charge is 2.39. The van der Waals surface area contributed by atoms with Crippen molar-refractivity contribution < 1.29 is 0 Å². The van der Waals surface area contributed by atoms with E-state index < -0.39 is 0 Å². The van der Waals surface area contributed by atoms with E-state index in [1.165, 1.54) is 0 Å². The molecule has 2 rings (SSSR count).